The van der Waals surface area contributed by atoms with Crippen molar-refractivity contribution < 1.29 is 19.4 Å². The van der Waals surface area contributed by atoms with Crippen LogP contribution in [0.3, 0.4) is 0 Å². The second kappa shape index (κ2) is 7.02. The molecule has 4 N–H and O–H groups in total. The Kier molecular flexibility index (Phi) is 5.66. The number of amides is 1. The van der Waals surface area contributed by atoms with Gasteiger partial charge in [0.1, 0.15) is 12.1 Å². The summed E-state index contributed by atoms with van der Waals surface area (Å²) in [4.78, 5) is 25.7. The highest BCUT2D eigenvalue weighted by atomic mass is 16.5. The van der Waals surface area contributed by atoms with Crippen LogP contribution >= 0.6 is 0 Å². The standard InChI is InChI=1S/C13H23N3O4/c1-8(2)11(15-7-10(14)17)12(18)16-6-4-5-9(16)13(19)20-3/h7-9,11,15,17H,4-6,14H2,1-3H3/b10-7+/t9-,11?/m0/s1. The van der Waals surface area contributed by atoms with Crippen LogP contribution in [0.1, 0.15) is 26.7 Å². The minimum atomic E-state index is -0.550. The number of esters is 1. The smallest absolute Gasteiger partial charge is 0.328 e. The normalized spacial score (nSPS) is 20.9. The number of carbonyl (C=O) groups excluding carboxylic acids is 2. The summed E-state index contributed by atoms with van der Waals surface area (Å²) in [5.41, 5.74) is 5.15. The molecule has 1 amide bonds. The first-order valence-electron chi connectivity index (χ1n) is 6.67. The molecule has 0 aromatic heterocycles. The number of hydrogen-bond acceptors (Lipinski definition) is 6. The molecule has 0 spiro atoms. The van der Waals surface area contributed by atoms with Crippen LogP contribution in [0.4, 0.5) is 0 Å². The van der Waals surface area contributed by atoms with Gasteiger partial charge in [-0.1, -0.05) is 13.8 Å². The number of hydrogen-bond donors (Lipinski definition) is 3. The molecule has 114 valence electrons. The largest absolute Gasteiger partial charge is 0.494 e. The van der Waals surface area contributed by atoms with Crippen molar-refractivity contribution in [2.75, 3.05) is 13.7 Å². The summed E-state index contributed by atoms with van der Waals surface area (Å²) in [6.45, 7) is 4.28. The van der Waals surface area contributed by atoms with Crippen LogP contribution < -0.4 is 11.1 Å². The molecule has 7 heteroatoms. The topological polar surface area (TPSA) is 105 Å². The Labute approximate surface area is 118 Å². The number of likely N-dealkylation sites (tertiary alicyclic amines) is 1. The summed E-state index contributed by atoms with van der Waals surface area (Å²) in [7, 11) is 1.32. The molecule has 1 rings (SSSR count). The maximum absolute atomic E-state index is 12.5. The number of aliphatic hydroxyl groups excluding tert-OH is 1. The van der Waals surface area contributed by atoms with Crippen LogP contribution in [0.2, 0.25) is 0 Å². The van der Waals surface area contributed by atoms with Gasteiger partial charge in [-0.2, -0.15) is 0 Å². The zero-order valence-electron chi connectivity index (χ0n) is 12.1. The molecule has 0 aliphatic carbocycles. The molecule has 0 aromatic carbocycles. The zero-order chi connectivity index (χ0) is 15.3. The number of nitrogens with two attached hydrogens (primary N) is 1. The van der Waals surface area contributed by atoms with E-state index in [4.69, 9.17) is 15.6 Å². The molecule has 1 saturated heterocycles. The van der Waals surface area contributed by atoms with Gasteiger partial charge in [0.25, 0.3) is 0 Å². The van der Waals surface area contributed by atoms with Crippen molar-refractivity contribution in [1.82, 2.24) is 10.2 Å². The Balaban J connectivity index is 2.83. The maximum atomic E-state index is 12.5. The summed E-state index contributed by atoms with van der Waals surface area (Å²) in [5.74, 6) is -0.993. The second-order valence-electron chi connectivity index (χ2n) is 5.17. The lowest BCUT2D eigenvalue weighted by molar-refractivity contribution is -0.151. The first-order valence-corrected chi connectivity index (χ1v) is 6.67. The van der Waals surface area contributed by atoms with Gasteiger partial charge in [-0.15, -0.1) is 0 Å². The molecule has 0 saturated carbocycles. The van der Waals surface area contributed by atoms with Gasteiger partial charge < -0.3 is 25.8 Å². The summed E-state index contributed by atoms with van der Waals surface area (Å²) in [6.07, 6.45) is 2.57. The number of rotatable bonds is 5. The Hall–Kier alpha value is -1.92. The van der Waals surface area contributed by atoms with Gasteiger partial charge in [0.15, 0.2) is 5.88 Å². The number of aliphatic hydroxyl groups is 1. The second-order valence-corrected chi connectivity index (χ2v) is 5.17. The number of methoxy groups -OCH3 is 1. The molecular weight excluding hydrogens is 262 g/mol. The minimum Gasteiger partial charge on any atom is -0.494 e. The van der Waals surface area contributed by atoms with Crippen molar-refractivity contribution >= 4 is 11.9 Å². The quantitative estimate of drug-likeness (QED) is 0.488. The molecule has 0 radical (unpaired) electrons. The van der Waals surface area contributed by atoms with Gasteiger partial charge in [0.05, 0.1) is 13.3 Å². The zero-order valence-corrected chi connectivity index (χ0v) is 12.1. The SMILES string of the molecule is COC(=O)[C@@H]1CCCN1C(=O)C(N/C=C(\N)O)C(C)C. The number of nitrogens with zero attached hydrogens (tertiary/aromatic N) is 1. The predicted octanol–water partition coefficient (Wildman–Crippen LogP) is 0.0802. The van der Waals surface area contributed by atoms with Crippen molar-refractivity contribution in [3.63, 3.8) is 0 Å². The average Bonchev–Trinajstić information content (AvgIpc) is 2.86. The third-order valence-corrected chi connectivity index (χ3v) is 3.35. The molecule has 1 unspecified atom stereocenters. The van der Waals surface area contributed by atoms with Gasteiger partial charge in [0.2, 0.25) is 5.91 Å². The first-order chi connectivity index (χ1) is 9.38. The van der Waals surface area contributed by atoms with Gasteiger partial charge in [-0.3, -0.25) is 4.79 Å². The van der Waals surface area contributed by atoms with E-state index >= 15 is 0 Å². The molecule has 2 atom stereocenters. The van der Waals surface area contributed by atoms with E-state index in [0.717, 1.165) is 6.42 Å². The van der Waals surface area contributed by atoms with Crippen molar-refractivity contribution in [1.29, 1.82) is 0 Å². The van der Waals surface area contributed by atoms with Crippen molar-refractivity contribution in [3.8, 4) is 0 Å². The van der Waals surface area contributed by atoms with Crippen LogP contribution in [0, 0.1) is 5.92 Å². The van der Waals surface area contributed by atoms with Crippen LogP contribution in [-0.2, 0) is 14.3 Å². The highest BCUT2D eigenvalue weighted by molar-refractivity contribution is 5.88. The highest BCUT2D eigenvalue weighted by Gasteiger charge is 2.38. The Morgan fingerprint density at radius 2 is 2.15 bits per heavy atom. The van der Waals surface area contributed by atoms with Crippen LogP contribution in [0.5, 0.6) is 0 Å². The van der Waals surface area contributed by atoms with Gasteiger partial charge in [-0.05, 0) is 18.8 Å². The van der Waals surface area contributed by atoms with E-state index < -0.39 is 23.9 Å². The number of carbonyl (C=O) groups is 2. The Bertz CT molecular complexity index is 391. The van der Waals surface area contributed by atoms with Crippen molar-refractivity contribution in [2.24, 2.45) is 11.7 Å². The van der Waals surface area contributed by atoms with Crippen molar-refractivity contribution in [2.45, 2.75) is 38.8 Å². The lowest BCUT2D eigenvalue weighted by atomic mass is 10.0. The third-order valence-electron chi connectivity index (χ3n) is 3.35. The fourth-order valence-electron chi connectivity index (χ4n) is 2.31. The third kappa shape index (κ3) is 3.79. The van der Waals surface area contributed by atoms with E-state index in [1.807, 2.05) is 13.8 Å². The predicted molar refractivity (Wildman–Crippen MR) is 73.4 cm³/mol. The van der Waals surface area contributed by atoms with E-state index in [-0.39, 0.29) is 11.8 Å². The first kappa shape index (κ1) is 16.1. The van der Waals surface area contributed by atoms with Crippen LogP contribution in [-0.4, -0.2) is 47.6 Å². The van der Waals surface area contributed by atoms with E-state index in [1.54, 1.807) is 0 Å². The molecule has 1 aliphatic rings. The molecule has 7 nitrogen and oxygen atoms in total. The average molecular weight is 285 g/mol. The molecule has 1 aliphatic heterocycles. The van der Waals surface area contributed by atoms with Gasteiger partial charge in [0, 0.05) is 6.54 Å². The number of nitrogens with one attached hydrogen (secondary N) is 1. The molecule has 1 fully saturated rings. The maximum Gasteiger partial charge on any atom is 0.328 e. The lowest BCUT2D eigenvalue weighted by Crippen LogP contribution is -2.51. The van der Waals surface area contributed by atoms with E-state index in [1.165, 1.54) is 18.2 Å². The number of ether oxygens (including phenoxy) is 1. The van der Waals surface area contributed by atoms with Gasteiger partial charge in [-0.25, -0.2) is 4.79 Å². The molecular formula is C13H23N3O4. The molecule has 1 heterocycles. The Morgan fingerprint density at radius 3 is 2.65 bits per heavy atom. The van der Waals surface area contributed by atoms with Crippen molar-refractivity contribution in [3.05, 3.63) is 12.1 Å². The van der Waals surface area contributed by atoms with E-state index in [9.17, 15) is 9.59 Å². The molecule has 0 aromatic rings. The summed E-state index contributed by atoms with van der Waals surface area (Å²) in [6, 6.07) is -1.07. The molecule has 20 heavy (non-hydrogen) atoms. The fraction of sp³-hybridized carbons (Fsp3) is 0.692. The van der Waals surface area contributed by atoms with Crippen LogP contribution in [0.25, 0.3) is 0 Å². The highest BCUT2D eigenvalue weighted by Crippen LogP contribution is 2.21. The fourth-order valence-corrected chi connectivity index (χ4v) is 2.31. The summed E-state index contributed by atoms with van der Waals surface area (Å²) < 4.78 is 4.73. The monoisotopic (exact) mass is 285 g/mol. The summed E-state index contributed by atoms with van der Waals surface area (Å²) >= 11 is 0. The van der Waals surface area contributed by atoms with E-state index in [0.29, 0.717) is 13.0 Å². The molecule has 0 bridgehead atoms. The lowest BCUT2D eigenvalue weighted by Gasteiger charge is -2.29. The Morgan fingerprint density at radius 1 is 1.50 bits per heavy atom. The van der Waals surface area contributed by atoms with E-state index in [2.05, 4.69) is 5.32 Å². The summed E-state index contributed by atoms with van der Waals surface area (Å²) in [5, 5.41) is 11.8. The van der Waals surface area contributed by atoms with Crippen LogP contribution in [0.15, 0.2) is 12.1 Å². The minimum absolute atomic E-state index is 0.0167. The van der Waals surface area contributed by atoms with Gasteiger partial charge >= 0.3 is 5.97 Å².